The first-order valence-corrected chi connectivity index (χ1v) is 21.8. The Hall–Kier alpha value is -7.52. The van der Waals surface area contributed by atoms with Gasteiger partial charge in [0.05, 0.1) is 5.41 Å². The van der Waals surface area contributed by atoms with E-state index in [1.165, 1.54) is 86.6 Å². The summed E-state index contributed by atoms with van der Waals surface area (Å²) in [5.74, 6) is 0. The van der Waals surface area contributed by atoms with Gasteiger partial charge >= 0.3 is 0 Å². The van der Waals surface area contributed by atoms with Gasteiger partial charge in [-0.2, -0.15) is 0 Å². The summed E-state index contributed by atoms with van der Waals surface area (Å²) < 4.78 is 2.65. The smallest absolute Gasteiger partial charge is 0.0714 e. The molecule has 0 saturated carbocycles. The number of rotatable bonds is 7. The van der Waals surface area contributed by atoms with Crippen LogP contribution in [0, 0.1) is 0 Å². The average molecular weight is 794 g/mol. The Morgan fingerprint density at radius 1 is 0.328 bits per heavy atom. The molecule has 61 heavy (non-hydrogen) atoms. The second-order valence-corrected chi connectivity index (χ2v) is 17.1. The first-order valence-electron chi connectivity index (χ1n) is 21.0. The molecule has 10 aromatic carbocycles. The lowest BCUT2D eigenvalue weighted by Crippen LogP contribution is -2.28. The van der Waals surface area contributed by atoms with Gasteiger partial charge in [-0.1, -0.05) is 188 Å². The topological polar surface area (TPSA) is 3.24 Å². The molecule has 1 aromatic heterocycles. The predicted octanol–water partition coefficient (Wildman–Crippen LogP) is 16.4. The summed E-state index contributed by atoms with van der Waals surface area (Å²) in [4.78, 5) is 2.42. The van der Waals surface area contributed by atoms with Crippen molar-refractivity contribution < 1.29 is 0 Å². The fraction of sp³-hybridized carbons (Fsp3) is 0.0169. The van der Waals surface area contributed by atoms with E-state index >= 15 is 0 Å². The maximum absolute atomic E-state index is 2.42. The highest BCUT2D eigenvalue weighted by Gasteiger charge is 2.46. The molecule has 0 aliphatic heterocycles. The third-order valence-electron chi connectivity index (χ3n) is 12.7. The van der Waals surface area contributed by atoms with Gasteiger partial charge in [-0.15, -0.1) is 11.3 Å². The van der Waals surface area contributed by atoms with Crippen LogP contribution in [0.1, 0.15) is 22.3 Å². The van der Waals surface area contributed by atoms with Crippen LogP contribution in [0.25, 0.3) is 64.3 Å². The maximum atomic E-state index is 2.42. The van der Waals surface area contributed by atoms with E-state index in [0.717, 1.165) is 17.1 Å². The monoisotopic (exact) mass is 793 g/mol. The van der Waals surface area contributed by atoms with Crippen LogP contribution in [-0.2, 0) is 5.41 Å². The summed E-state index contributed by atoms with van der Waals surface area (Å²) in [6.45, 7) is 0. The first kappa shape index (κ1) is 35.4. The van der Waals surface area contributed by atoms with Crippen molar-refractivity contribution >= 4 is 59.3 Å². The van der Waals surface area contributed by atoms with Crippen molar-refractivity contribution in [1.82, 2.24) is 0 Å². The molecule has 0 bridgehead atoms. The molecule has 12 rings (SSSR count). The lowest BCUT2D eigenvalue weighted by atomic mass is 9.67. The molecule has 0 saturated heterocycles. The summed E-state index contributed by atoms with van der Waals surface area (Å²) in [7, 11) is 0. The van der Waals surface area contributed by atoms with Gasteiger partial charge < -0.3 is 4.90 Å². The van der Waals surface area contributed by atoms with Gasteiger partial charge in [-0.05, 0) is 115 Å². The highest BCUT2D eigenvalue weighted by Crippen LogP contribution is 2.56. The number of nitrogens with zero attached hydrogens (tertiary/aromatic N) is 1. The number of hydrogen-bond donors (Lipinski definition) is 0. The van der Waals surface area contributed by atoms with Crippen molar-refractivity contribution in [2.45, 2.75) is 5.41 Å². The highest BCUT2D eigenvalue weighted by molar-refractivity contribution is 7.26. The molecule has 0 N–H and O–H groups in total. The van der Waals surface area contributed by atoms with Gasteiger partial charge in [0, 0.05) is 37.2 Å². The van der Waals surface area contributed by atoms with Crippen molar-refractivity contribution in [3.8, 4) is 33.4 Å². The SMILES string of the molecule is c1ccc(-c2ccc(N(c3ccc(-c4cccc5c4sc4cc6ccccc6cc45)cc3)c3cccc(C4(c5ccccc5)c5ccccc5-c5ccccc54)c3)cc2)cc1. The summed E-state index contributed by atoms with van der Waals surface area (Å²) in [6.07, 6.45) is 0. The Kier molecular flexibility index (Phi) is 8.33. The Bertz CT molecular complexity index is 3350. The van der Waals surface area contributed by atoms with E-state index in [-0.39, 0.29) is 0 Å². The van der Waals surface area contributed by atoms with Gasteiger partial charge in [-0.25, -0.2) is 0 Å². The molecule has 0 unspecified atom stereocenters. The molecule has 1 aliphatic carbocycles. The van der Waals surface area contributed by atoms with Gasteiger partial charge in [0.1, 0.15) is 0 Å². The quantitative estimate of drug-likeness (QED) is 0.155. The van der Waals surface area contributed by atoms with Crippen LogP contribution < -0.4 is 4.90 Å². The Morgan fingerprint density at radius 3 is 1.54 bits per heavy atom. The number of anilines is 3. The molecule has 0 amide bonds. The number of thiophene rings is 1. The van der Waals surface area contributed by atoms with Crippen LogP contribution in [0.2, 0.25) is 0 Å². The Morgan fingerprint density at radius 2 is 0.852 bits per heavy atom. The molecule has 2 heteroatoms. The zero-order chi connectivity index (χ0) is 40.3. The zero-order valence-corrected chi connectivity index (χ0v) is 34.2. The first-order chi connectivity index (χ1) is 30.2. The molecule has 0 fully saturated rings. The molecule has 286 valence electrons. The molecule has 1 heterocycles. The van der Waals surface area contributed by atoms with Gasteiger partial charge in [0.2, 0.25) is 0 Å². The molecule has 0 radical (unpaired) electrons. The minimum absolute atomic E-state index is 0.494. The number of hydrogen-bond acceptors (Lipinski definition) is 2. The van der Waals surface area contributed by atoms with E-state index in [2.05, 4.69) is 241 Å². The van der Waals surface area contributed by atoms with Crippen molar-refractivity contribution in [2.24, 2.45) is 0 Å². The van der Waals surface area contributed by atoms with Crippen molar-refractivity contribution in [2.75, 3.05) is 4.90 Å². The van der Waals surface area contributed by atoms with E-state index in [4.69, 9.17) is 0 Å². The molecule has 0 atom stereocenters. The summed E-state index contributed by atoms with van der Waals surface area (Å²) >= 11 is 1.89. The third kappa shape index (κ3) is 5.68. The van der Waals surface area contributed by atoms with Crippen molar-refractivity contribution in [3.63, 3.8) is 0 Å². The third-order valence-corrected chi connectivity index (χ3v) is 13.9. The summed E-state index contributed by atoms with van der Waals surface area (Å²) in [5.41, 5.74) is 15.4. The van der Waals surface area contributed by atoms with Gasteiger partial charge in [0.25, 0.3) is 0 Å². The van der Waals surface area contributed by atoms with Gasteiger partial charge in [-0.3, -0.25) is 0 Å². The van der Waals surface area contributed by atoms with Crippen LogP contribution in [0.4, 0.5) is 17.1 Å². The molecule has 1 nitrogen and oxygen atoms in total. The summed E-state index contributed by atoms with van der Waals surface area (Å²) in [5, 5.41) is 5.19. The molecular weight excluding hydrogens is 755 g/mol. The van der Waals surface area contributed by atoms with Crippen LogP contribution in [0.5, 0.6) is 0 Å². The van der Waals surface area contributed by atoms with Crippen LogP contribution in [0.3, 0.4) is 0 Å². The number of benzene rings is 10. The minimum Gasteiger partial charge on any atom is -0.310 e. The van der Waals surface area contributed by atoms with Crippen LogP contribution in [0.15, 0.2) is 237 Å². The van der Waals surface area contributed by atoms with E-state index in [9.17, 15) is 0 Å². The zero-order valence-electron chi connectivity index (χ0n) is 33.4. The summed E-state index contributed by atoms with van der Waals surface area (Å²) in [6, 6.07) is 87.2. The second-order valence-electron chi connectivity index (χ2n) is 16.0. The van der Waals surface area contributed by atoms with Crippen molar-refractivity contribution in [3.05, 3.63) is 259 Å². The molecule has 11 aromatic rings. The molecule has 1 aliphatic rings. The largest absolute Gasteiger partial charge is 0.310 e. The Labute approximate surface area is 360 Å². The lowest BCUT2D eigenvalue weighted by Gasteiger charge is -2.35. The normalized spacial score (nSPS) is 12.7. The molecule has 0 spiro atoms. The standard InChI is InChI=1S/C59H39NS/c1-3-15-40(16-4-1)41-29-33-47(34-30-41)60(48-35-31-42(32-36-48)50-25-14-26-53-54-37-43-17-7-8-18-44(43)38-57(54)61-58(50)53)49-22-13-21-46(39-49)59(45-19-5-2-6-20-45)55-27-11-9-23-51(55)52-24-10-12-28-56(52)59/h1-39H. The average Bonchev–Trinajstić information content (AvgIpc) is 3.85. The number of fused-ring (bicyclic) bond motifs is 7. The highest BCUT2D eigenvalue weighted by atomic mass is 32.1. The fourth-order valence-electron chi connectivity index (χ4n) is 9.97. The van der Waals surface area contributed by atoms with Crippen molar-refractivity contribution in [1.29, 1.82) is 0 Å². The van der Waals surface area contributed by atoms with Crippen LogP contribution >= 0.6 is 11.3 Å². The van der Waals surface area contributed by atoms with Crippen LogP contribution in [-0.4, -0.2) is 0 Å². The minimum atomic E-state index is -0.494. The van der Waals surface area contributed by atoms with E-state index in [1.54, 1.807) is 0 Å². The van der Waals surface area contributed by atoms with E-state index < -0.39 is 5.41 Å². The van der Waals surface area contributed by atoms with E-state index in [1.807, 2.05) is 11.3 Å². The Balaban J connectivity index is 1.02. The lowest BCUT2D eigenvalue weighted by molar-refractivity contribution is 0.768. The molecular formula is C59H39NS. The van der Waals surface area contributed by atoms with Gasteiger partial charge in [0.15, 0.2) is 0 Å². The predicted molar refractivity (Wildman–Crippen MR) is 260 cm³/mol. The second kappa shape index (κ2) is 14.3. The fourth-order valence-corrected chi connectivity index (χ4v) is 11.2. The van der Waals surface area contributed by atoms with E-state index in [0.29, 0.717) is 0 Å². The maximum Gasteiger partial charge on any atom is 0.0714 e.